The minimum atomic E-state index is -0.0628. The molecule has 0 heterocycles. The Balaban J connectivity index is 2.18. The van der Waals surface area contributed by atoms with Crippen LogP contribution in [0.2, 0.25) is 0 Å². The van der Waals surface area contributed by atoms with E-state index in [2.05, 4.69) is 4.99 Å². The summed E-state index contributed by atoms with van der Waals surface area (Å²) in [7, 11) is 0. The van der Waals surface area contributed by atoms with Crippen LogP contribution in [0.3, 0.4) is 0 Å². The molecule has 0 saturated carbocycles. The Morgan fingerprint density at radius 1 is 1.06 bits per heavy atom. The number of aliphatic imine (C=N–C) groups is 1. The summed E-state index contributed by atoms with van der Waals surface area (Å²) < 4.78 is 0. The van der Waals surface area contributed by atoms with Crippen molar-refractivity contribution < 1.29 is 15.5 Å². The van der Waals surface area contributed by atoms with Crippen LogP contribution < -0.4 is 10.3 Å². The van der Waals surface area contributed by atoms with E-state index in [-0.39, 0.29) is 16.7 Å². The van der Waals surface area contributed by atoms with E-state index in [0.717, 1.165) is 0 Å². The molecule has 0 spiro atoms. The van der Waals surface area contributed by atoms with Crippen LogP contribution in [0.25, 0.3) is 0 Å². The van der Waals surface area contributed by atoms with E-state index in [1.54, 1.807) is 42.6 Å². The lowest BCUT2D eigenvalue weighted by atomic mass is 10.2. The third-order valence-corrected chi connectivity index (χ3v) is 2.30. The quantitative estimate of drug-likeness (QED) is 0.639. The molecule has 5 nitrogen and oxygen atoms in total. The maximum atomic E-state index is 10.9. The Hall–Kier alpha value is -2.37. The first-order valence-corrected chi connectivity index (χ1v) is 5.24. The van der Waals surface area contributed by atoms with Crippen molar-refractivity contribution in [3.63, 3.8) is 0 Å². The highest BCUT2D eigenvalue weighted by Gasteiger charge is 1.98. The second-order valence-electron chi connectivity index (χ2n) is 3.64. The highest BCUT2D eigenvalue weighted by atomic mass is 16.8. The molecule has 18 heavy (non-hydrogen) atoms. The zero-order chi connectivity index (χ0) is 13.0. The first-order chi connectivity index (χ1) is 8.65. The summed E-state index contributed by atoms with van der Waals surface area (Å²) in [6.07, 6.45) is 1.58. The van der Waals surface area contributed by atoms with E-state index in [1.165, 1.54) is 12.1 Å². The van der Waals surface area contributed by atoms with Gasteiger partial charge in [-0.25, -0.2) is 0 Å². The first kappa shape index (κ1) is 12.1. The SMILES string of the molecule is [O-]c1ccc(N=Cc2cccc(N(O)O)c2)cc1. The molecule has 0 aliphatic carbocycles. The van der Waals surface area contributed by atoms with Crippen LogP contribution in [0.5, 0.6) is 5.75 Å². The maximum Gasteiger partial charge on any atom is 0.0949 e. The van der Waals surface area contributed by atoms with Gasteiger partial charge in [0.1, 0.15) is 0 Å². The van der Waals surface area contributed by atoms with Gasteiger partial charge < -0.3 is 5.11 Å². The van der Waals surface area contributed by atoms with Crippen LogP contribution in [0.4, 0.5) is 11.4 Å². The van der Waals surface area contributed by atoms with Gasteiger partial charge in [0.2, 0.25) is 0 Å². The fraction of sp³-hybridized carbons (Fsp3) is 0. The Morgan fingerprint density at radius 3 is 2.44 bits per heavy atom. The molecule has 0 bridgehead atoms. The summed E-state index contributed by atoms with van der Waals surface area (Å²) in [6, 6.07) is 12.7. The van der Waals surface area contributed by atoms with Gasteiger partial charge in [-0.3, -0.25) is 15.4 Å². The van der Waals surface area contributed by atoms with Crippen molar-refractivity contribution in [1.82, 2.24) is 0 Å². The minimum Gasteiger partial charge on any atom is -0.872 e. The molecule has 0 radical (unpaired) electrons. The van der Waals surface area contributed by atoms with Crippen molar-refractivity contribution in [2.75, 3.05) is 5.23 Å². The van der Waals surface area contributed by atoms with Gasteiger partial charge >= 0.3 is 0 Å². The van der Waals surface area contributed by atoms with E-state index < -0.39 is 0 Å². The van der Waals surface area contributed by atoms with Crippen LogP contribution in [0.15, 0.2) is 53.5 Å². The third kappa shape index (κ3) is 3.07. The van der Waals surface area contributed by atoms with Crippen LogP contribution in [0, 0.1) is 0 Å². The maximum absolute atomic E-state index is 10.9. The number of nitrogens with zero attached hydrogens (tertiary/aromatic N) is 2. The van der Waals surface area contributed by atoms with Crippen LogP contribution in [0.1, 0.15) is 5.56 Å². The Bertz CT molecular complexity index is 550. The fourth-order valence-electron chi connectivity index (χ4n) is 1.41. The zero-order valence-corrected chi connectivity index (χ0v) is 9.39. The molecule has 2 N–H and O–H groups in total. The Kier molecular flexibility index (Phi) is 3.57. The van der Waals surface area contributed by atoms with E-state index in [0.29, 0.717) is 11.3 Å². The summed E-state index contributed by atoms with van der Waals surface area (Å²) in [6.45, 7) is 0. The summed E-state index contributed by atoms with van der Waals surface area (Å²) in [5.41, 5.74) is 1.62. The zero-order valence-electron chi connectivity index (χ0n) is 9.39. The molecule has 0 unspecified atom stereocenters. The van der Waals surface area contributed by atoms with Gasteiger partial charge in [-0.1, -0.05) is 24.3 Å². The van der Waals surface area contributed by atoms with Crippen molar-refractivity contribution in [1.29, 1.82) is 0 Å². The number of anilines is 1. The molecule has 2 aromatic carbocycles. The number of hydrogen-bond acceptors (Lipinski definition) is 5. The van der Waals surface area contributed by atoms with Crippen molar-refractivity contribution in [3.8, 4) is 5.75 Å². The number of hydrogen-bond donors (Lipinski definition) is 2. The highest BCUT2D eigenvalue weighted by molar-refractivity contribution is 5.83. The summed E-state index contributed by atoms with van der Waals surface area (Å²) in [4.78, 5) is 4.17. The summed E-state index contributed by atoms with van der Waals surface area (Å²) in [5, 5.41) is 28.7. The van der Waals surface area contributed by atoms with Crippen LogP contribution in [-0.4, -0.2) is 16.6 Å². The lowest BCUT2D eigenvalue weighted by Gasteiger charge is -2.07. The molecule has 2 aromatic rings. The molecule has 0 aliphatic rings. The van der Waals surface area contributed by atoms with Crippen LogP contribution >= 0.6 is 0 Å². The lowest BCUT2D eigenvalue weighted by Crippen LogP contribution is -2.10. The largest absolute Gasteiger partial charge is 0.872 e. The average molecular weight is 243 g/mol. The second-order valence-corrected chi connectivity index (χ2v) is 3.64. The molecule has 5 heteroatoms. The number of rotatable bonds is 3. The van der Waals surface area contributed by atoms with Gasteiger partial charge in [-0.2, -0.15) is 0 Å². The average Bonchev–Trinajstić information content (AvgIpc) is 2.38. The number of benzene rings is 2. The van der Waals surface area contributed by atoms with E-state index in [4.69, 9.17) is 10.4 Å². The predicted octanol–water partition coefficient (Wildman–Crippen LogP) is 2.10. The van der Waals surface area contributed by atoms with Crippen LogP contribution in [-0.2, 0) is 0 Å². The fourth-order valence-corrected chi connectivity index (χ4v) is 1.41. The van der Waals surface area contributed by atoms with Crippen molar-refractivity contribution in [2.24, 2.45) is 4.99 Å². The van der Waals surface area contributed by atoms with Crippen molar-refractivity contribution in [3.05, 3.63) is 54.1 Å². The lowest BCUT2D eigenvalue weighted by molar-refractivity contribution is -0.268. The topological polar surface area (TPSA) is 79.1 Å². The normalized spacial score (nSPS) is 10.8. The second kappa shape index (κ2) is 5.31. The third-order valence-electron chi connectivity index (χ3n) is 2.30. The monoisotopic (exact) mass is 243 g/mol. The molecule has 0 amide bonds. The molecule has 2 rings (SSSR count). The van der Waals surface area contributed by atoms with Gasteiger partial charge in [0, 0.05) is 6.21 Å². The molecule has 0 aromatic heterocycles. The van der Waals surface area contributed by atoms with Gasteiger partial charge in [0.15, 0.2) is 0 Å². The Morgan fingerprint density at radius 2 is 1.78 bits per heavy atom. The standard InChI is InChI=1S/C13H12N2O3/c16-13-6-4-11(5-7-13)14-9-10-2-1-3-12(8-10)15(17)18/h1-9,16-18H/p-1. The van der Waals surface area contributed by atoms with E-state index in [9.17, 15) is 5.11 Å². The molecule has 0 fully saturated rings. The van der Waals surface area contributed by atoms with Gasteiger partial charge in [-0.05, 0) is 29.8 Å². The Labute approximate surface area is 104 Å². The molecular formula is C13H11N2O3-. The predicted molar refractivity (Wildman–Crippen MR) is 65.6 cm³/mol. The molecule has 92 valence electrons. The smallest absolute Gasteiger partial charge is 0.0949 e. The van der Waals surface area contributed by atoms with Gasteiger partial charge in [0.05, 0.1) is 11.4 Å². The molecule has 0 atom stereocenters. The van der Waals surface area contributed by atoms with Gasteiger partial charge in [0.25, 0.3) is 0 Å². The van der Waals surface area contributed by atoms with Gasteiger partial charge in [-0.15, -0.1) is 11.0 Å². The van der Waals surface area contributed by atoms with E-state index >= 15 is 0 Å². The summed E-state index contributed by atoms with van der Waals surface area (Å²) in [5.74, 6) is -0.0628. The highest BCUT2D eigenvalue weighted by Crippen LogP contribution is 2.16. The van der Waals surface area contributed by atoms with Crippen molar-refractivity contribution in [2.45, 2.75) is 0 Å². The minimum absolute atomic E-state index is 0.0452. The van der Waals surface area contributed by atoms with E-state index in [1.807, 2.05) is 0 Å². The molecular weight excluding hydrogens is 232 g/mol. The molecule has 0 saturated heterocycles. The first-order valence-electron chi connectivity index (χ1n) is 5.24. The summed E-state index contributed by atoms with van der Waals surface area (Å²) >= 11 is 0. The molecule has 0 aliphatic heterocycles. The van der Waals surface area contributed by atoms with Crippen molar-refractivity contribution >= 4 is 17.6 Å².